The molecule has 1 aromatic rings. The Labute approximate surface area is 74.4 Å². The lowest BCUT2D eigenvalue weighted by molar-refractivity contribution is 0.549. The predicted molar refractivity (Wildman–Crippen MR) is 42.6 cm³/mol. The van der Waals surface area contributed by atoms with Crippen molar-refractivity contribution in [3.05, 3.63) is 29.8 Å². The maximum Gasteiger partial charge on any atom is 0.243 e. The average Bonchev–Trinajstić information content (AvgIpc) is 2.09. The van der Waals surface area contributed by atoms with Gasteiger partial charge >= 0.3 is 0 Å². The quantitative estimate of drug-likeness (QED) is 0.782. The van der Waals surface area contributed by atoms with E-state index in [1.165, 1.54) is 0 Å². The highest BCUT2D eigenvalue weighted by Gasteiger charge is 2.17. The van der Waals surface area contributed by atoms with Crippen LogP contribution in [0, 0.1) is 11.6 Å². The molecule has 0 spiro atoms. The number of hydrogen-bond acceptors (Lipinski definition) is 2. The van der Waals surface area contributed by atoms with Gasteiger partial charge in [0.25, 0.3) is 0 Å². The first-order valence-electron chi connectivity index (χ1n) is 3.36. The number of hydrogen-bond donors (Lipinski definition) is 1. The van der Waals surface area contributed by atoms with Gasteiger partial charge in [0.05, 0.1) is 0 Å². The van der Waals surface area contributed by atoms with Gasteiger partial charge in [0.15, 0.2) is 0 Å². The van der Waals surface area contributed by atoms with Gasteiger partial charge in [-0.1, -0.05) is 0 Å². The molecule has 0 radical (unpaired) electrons. The highest BCUT2D eigenvalue weighted by molar-refractivity contribution is 7.89. The Hall–Kier alpha value is -1.01. The lowest BCUT2D eigenvalue weighted by Gasteiger charge is -2.02. The second kappa shape index (κ2) is 3.39. The molecule has 0 fully saturated rings. The summed E-state index contributed by atoms with van der Waals surface area (Å²) < 4.78 is 49.4. The van der Waals surface area contributed by atoms with Crippen LogP contribution in [0.1, 0.15) is 0 Å². The van der Waals surface area contributed by atoms with Gasteiger partial charge in [-0.05, 0) is 25.2 Å². The highest BCUT2D eigenvalue weighted by Crippen LogP contribution is 2.14. The fourth-order valence-electron chi connectivity index (χ4n) is 0.793. The van der Waals surface area contributed by atoms with E-state index in [1.54, 1.807) is 0 Å². The van der Waals surface area contributed by atoms with Crippen LogP contribution in [0.15, 0.2) is 23.1 Å². The monoisotopic (exact) mass is 207 g/mol. The molecule has 0 atom stereocenters. The highest BCUT2D eigenvalue weighted by atomic mass is 32.2. The summed E-state index contributed by atoms with van der Waals surface area (Å²) in [5, 5.41) is 0. The zero-order valence-corrected chi connectivity index (χ0v) is 7.53. The number of halogens is 2. The molecule has 0 aliphatic heterocycles. The summed E-state index contributed by atoms with van der Waals surface area (Å²) in [5.74, 6) is -1.77. The third-order valence-electron chi connectivity index (χ3n) is 1.45. The van der Waals surface area contributed by atoms with Gasteiger partial charge in [-0.15, -0.1) is 0 Å². The van der Waals surface area contributed by atoms with Gasteiger partial charge in [-0.2, -0.15) is 0 Å². The molecule has 3 nitrogen and oxygen atoms in total. The first-order valence-corrected chi connectivity index (χ1v) is 4.84. The first kappa shape index (κ1) is 10.1. The molecule has 13 heavy (non-hydrogen) atoms. The summed E-state index contributed by atoms with van der Waals surface area (Å²) in [5.41, 5.74) is 0. The van der Waals surface area contributed by atoms with E-state index in [4.69, 9.17) is 0 Å². The van der Waals surface area contributed by atoms with Crippen LogP contribution in [-0.4, -0.2) is 15.5 Å². The smallest absolute Gasteiger partial charge is 0.214 e. The molecule has 0 aliphatic rings. The van der Waals surface area contributed by atoms with Crippen molar-refractivity contribution in [2.75, 3.05) is 7.05 Å². The molecule has 0 aromatic heterocycles. The summed E-state index contributed by atoms with van der Waals surface area (Å²) in [4.78, 5) is -0.685. The van der Waals surface area contributed by atoms with Gasteiger partial charge in [0, 0.05) is 0 Å². The third-order valence-corrected chi connectivity index (χ3v) is 2.88. The van der Waals surface area contributed by atoms with Crippen LogP contribution in [0.4, 0.5) is 8.78 Å². The van der Waals surface area contributed by atoms with E-state index in [0.29, 0.717) is 6.07 Å². The lowest BCUT2D eigenvalue weighted by atomic mass is 10.3. The second-order valence-corrected chi connectivity index (χ2v) is 4.14. The van der Waals surface area contributed by atoms with Crippen molar-refractivity contribution < 1.29 is 17.2 Å². The van der Waals surface area contributed by atoms with E-state index >= 15 is 0 Å². The minimum Gasteiger partial charge on any atom is -0.214 e. The lowest BCUT2D eigenvalue weighted by Crippen LogP contribution is -2.20. The Morgan fingerprint density at radius 1 is 1.31 bits per heavy atom. The standard InChI is InChI=1S/C7H7F2NO2S/c1-10-13(11,12)7-4-5(8)2-3-6(7)9/h2-4,10H,1H3. The Bertz CT molecular complexity index is 417. The molecule has 0 unspecified atom stereocenters. The zero-order chi connectivity index (χ0) is 10.1. The molecule has 0 amide bonds. The van der Waals surface area contributed by atoms with Crippen LogP contribution in [-0.2, 0) is 10.0 Å². The molecule has 1 aromatic carbocycles. The molecule has 0 aliphatic carbocycles. The Kier molecular flexibility index (Phi) is 2.63. The number of nitrogens with one attached hydrogen (secondary N) is 1. The van der Waals surface area contributed by atoms with Gasteiger partial charge < -0.3 is 0 Å². The minimum atomic E-state index is -3.92. The Morgan fingerprint density at radius 3 is 2.46 bits per heavy atom. The van der Waals surface area contributed by atoms with Crippen molar-refractivity contribution in [1.82, 2.24) is 4.72 Å². The van der Waals surface area contributed by atoms with Gasteiger partial charge in [-0.25, -0.2) is 21.9 Å². The van der Waals surface area contributed by atoms with E-state index in [1.807, 2.05) is 4.72 Å². The zero-order valence-electron chi connectivity index (χ0n) is 6.71. The van der Waals surface area contributed by atoms with Gasteiger partial charge in [0.1, 0.15) is 16.5 Å². The van der Waals surface area contributed by atoms with Crippen LogP contribution in [0.5, 0.6) is 0 Å². The largest absolute Gasteiger partial charge is 0.243 e. The molecule has 6 heteroatoms. The Balaban J connectivity index is 3.38. The summed E-state index contributed by atoms with van der Waals surface area (Å²) in [6, 6.07) is 2.24. The molecular formula is C7H7F2NO2S. The molecule has 0 bridgehead atoms. The molecule has 0 saturated carbocycles. The molecule has 0 saturated heterocycles. The van der Waals surface area contributed by atoms with Gasteiger partial charge in [-0.3, -0.25) is 0 Å². The van der Waals surface area contributed by atoms with Crippen LogP contribution < -0.4 is 4.72 Å². The third kappa shape index (κ3) is 2.02. The number of sulfonamides is 1. The topological polar surface area (TPSA) is 46.2 Å². The van der Waals surface area contributed by atoms with Crippen molar-refractivity contribution in [2.45, 2.75) is 4.90 Å². The van der Waals surface area contributed by atoms with Gasteiger partial charge in [0.2, 0.25) is 10.0 Å². The molecule has 1 N–H and O–H groups in total. The molecular weight excluding hydrogens is 200 g/mol. The fourth-order valence-corrected chi connectivity index (χ4v) is 1.61. The fraction of sp³-hybridized carbons (Fsp3) is 0.143. The SMILES string of the molecule is CNS(=O)(=O)c1cc(F)ccc1F. The normalized spacial score (nSPS) is 11.6. The summed E-state index contributed by atoms with van der Waals surface area (Å²) in [7, 11) is -2.79. The predicted octanol–water partition coefficient (Wildman–Crippen LogP) is 0.873. The molecule has 0 heterocycles. The van der Waals surface area contributed by atoms with Crippen LogP contribution in [0.25, 0.3) is 0 Å². The molecule has 1 rings (SSSR count). The number of rotatable bonds is 2. The van der Waals surface area contributed by atoms with Crippen LogP contribution >= 0.6 is 0 Å². The second-order valence-electron chi connectivity index (χ2n) is 2.28. The maximum atomic E-state index is 12.9. The Morgan fingerprint density at radius 2 is 1.92 bits per heavy atom. The average molecular weight is 207 g/mol. The minimum absolute atomic E-state index is 0.626. The van der Waals surface area contributed by atoms with E-state index in [-0.39, 0.29) is 0 Å². The summed E-state index contributed by atoms with van der Waals surface area (Å²) in [6.45, 7) is 0. The van der Waals surface area contributed by atoms with Crippen molar-refractivity contribution >= 4 is 10.0 Å². The van der Waals surface area contributed by atoms with Crippen molar-refractivity contribution in [3.63, 3.8) is 0 Å². The van der Waals surface area contributed by atoms with E-state index in [9.17, 15) is 17.2 Å². The van der Waals surface area contributed by atoms with Crippen molar-refractivity contribution in [2.24, 2.45) is 0 Å². The van der Waals surface area contributed by atoms with Crippen molar-refractivity contribution in [3.8, 4) is 0 Å². The maximum absolute atomic E-state index is 12.9. The van der Waals surface area contributed by atoms with Crippen LogP contribution in [0.3, 0.4) is 0 Å². The van der Waals surface area contributed by atoms with Crippen molar-refractivity contribution in [1.29, 1.82) is 0 Å². The molecule has 72 valence electrons. The summed E-state index contributed by atoms with van der Waals surface area (Å²) >= 11 is 0. The first-order chi connectivity index (χ1) is 5.97. The van der Waals surface area contributed by atoms with E-state index < -0.39 is 26.6 Å². The van der Waals surface area contributed by atoms with Crippen LogP contribution in [0.2, 0.25) is 0 Å². The number of benzene rings is 1. The summed E-state index contributed by atoms with van der Waals surface area (Å²) in [6.07, 6.45) is 0. The van der Waals surface area contributed by atoms with E-state index in [0.717, 1.165) is 19.2 Å². The van der Waals surface area contributed by atoms with E-state index in [2.05, 4.69) is 0 Å².